The molecule has 0 aromatic carbocycles. The summed E-state index contributed by atoms with van der Waals surface area (Å²) >= 11 is 6.96. The van der Waals surface area contributed by atoms with Crippen molar-refractivity contribution >= 4 is 40.2 Å². The van der Waals surface area contributed by atoms with Gasteiger partial charge in [-0.3, -0.25) is 9.78 Å². The van der Waals surface area contributed by atoms with Crippen molar-refractivity contribution in [2.45, 2.75) is 0 Å². The van der Waals surface area contributed by atoms with Gasteiger partial charge in [-0.15, -0.1) is 11.3 Å². The van der Waals surface area contributed by atoms with Crippen molar-refractivity contribution in [3.63, 3.8) is 0 Å². The number of pyridine rings is 1. The van der Waals surface area contributed by atoms with Crippen LogP contribution in [0, 0.1) is 0 Å². The van der Waals surface area contributed by atoms with Gasteiger partial charge < -0.3 is 11.1 Å². The largest absolute Gasteiger partial charge is 0.396 e. The van der Waals surface area contributed by atoms with E-state index >= 15 is 0 Å². The molecule has 2 aromatic rings. The van der Waals surface area contributed by atoms with E-state index in [9.17, 15) is 4.79 Å². The van der Waals surface area contributed by atoms with Crippen LogP contribution in [0.4, 0.5) is 11.4 Å². The molecule has 0 spiro atoms. The summed E-state index contributed by atoms with van der Waals surface area (Å²) in [6.07, 6.45) is 3.05. The summed E-state index contributed by atoms with van der Waals surface area (Å²) in [5, 5.41) is 2.69. The number of carbonyl (C=O) groups excluding carboxylic acids is 1. The smallest absolute Gasteiger partial charge is 0.265 e. The fourth-order valence-corrected chi connectivity index (χ4v) is 2.08. The minimum Gasteiger partial charge on any atom is -0.396 e. The number of nitrogens with zero attached hydrogens (tertiary/aromatic N) is 1. The Morgan fingerprint density at radius 1 is 1.44 bits per heavy atom. The van der Waals surface area contributed by atoms with Crippen LogP contribution in [-0.2, 0) is 0 Å². The van der Waals surface area contributed by atoms with Crippen LogP contribution in [0.5, 0.6) is 0 Å². The number of nitrogens with one attached hydrogen (secondary N) is 1. The summed E-state index contributed by atoms with van der Waals surface area (Å²) in [4.78, 5) is 16.1. The number of halogens is 1. The highest BCUT2D eigenvalue weighted by Gasteiger charge is 2.10. The first-order valence-corrected chi connectivity index (χ1v) is 5.62. The SMILES string of the molecule is Nc1cnccc1NC(=O)c1ccc(Cl)s1. The van der Waals surface area contributed by atoms with Crippen LogP contribution in [0.25, 0.3) is 0 Å². The molecule has 0 aliphatic carbocycles. The van der Waals surface area contributed by atoms with Crippen molar-refractivity contribution in [1.29, 1.82) is 0 Å². The van der Waals surface area contributed by atoms with Crippen molar-refractivity contribution in [3.05, 3.63) is 39.8 Å². The maximum Gasteiger partial charge on any atom is 0.265 e. The van der Waals surface area contributed by atoms with Crippen molar-refractivity contribution in [2.75, 3.05) is 11.1 Å². The molecule has 0 atom stereocenters. The van der Waals surface area contributed by atoms with E-state index in [2.05, 4.69) is 10.3 Å². The van der Waals surface area contributed by atoms with Crippen molar-refractivity contribution in [3.8, 4) is 0 Å². The summed E-state index contributed by atoms with van der Waals surface area (Å²) in [7, 11) is 0. The van der Waals surface area contributed by atoms with Gasteiger partial charge >= 0.3 is 0 Å². The second-order valence-electron chi connectivity index (χ2n) is 3.02. The number of thiophene rings is 1. The van der Waals surface area contributed by atoms with Gasteiger partial charge in [-0.1, -0.05) is 11.6 Å². The molecule has 3 N–H and O–H groups in total. The molecule has 0 saturated carbocycles. The number of hydrogen-bond acceptors (Lipinski definition) is 4. The first kappa shape index (κ1) is 10.9. The minimum absolute atomic E-state index is 0.227. The number of rotatable bonds is 2. The zero-order valence-corrected chi connectivity index (χ0v) is 9.68. The van der Waals surface area contributed by atoms with Crippen molar-refractivity contribution in [1.82, 2.24) is 4.98 Å². The monoisotopic (exact) mass is 253 g/mol. The Morgan fingerprint density at radius 3 is 2.88 bits per heavy atom. The molecule has 0 unspecified atom stereocenters. The topological polar surface area (TPSA) is 68.0 Å². The Morgan fingerprint density at radius 2 is 2.25 bits per heavy atom. The zero-order valence-electron chi connectivity index (χ0n) is 8.11. The molecule has 0 radical (unpaired) electrons. The molecule has 16 heavy (non-hydrogen) atoms. The van der Waals surface area contributed by atoms with Crippen molar-refractivity contribution in [2.24, 2.45) is 0 Å². The van der Waals surface area contributed by atoms with Gasteiger partial charge in [0.15, 0.2) is 0 Å². The van der Waals surface area contributed by atoms with Gasteiger partial charge in [0, 0.05) is 6.20 Å². The zero-order chi connectivity index (χ0) is 11.5. The third kappa shape index (κ3) is 2.32. The summed E-state index contributed by atoms with van der Waals surface area (Å²) in [6, 6.07) is 4.99. The molecular weight excluding hydrogens is 246 g/mol. The molecule has 0 aliphatic heterocycles. The van der Waals surface area contributed by atoms with Gasteiger partial charge in [-0.05, 0) is 18.2 Å². The Kier molecular flexibility index (Phi) is 3.07. The quantitative estimate of drug-likeness (QED) is 0.865. The van der Waals surface area contributed by atoms with Gasteiger partial charge in [-0.2, -0.15) is 0 Å². The van der Waals surface area contributed by atoms with Crippen molar-refractivity contribution < 1.29 is 4.79 Å². The van der Waals surface area contributed by atoms with Crippen LogP contribution >= 0.6 is 22.9 Å². The summed E-state index contributed by atoms with van der Waals surface area (Å²) in [5.74, 6) is -0.227. The van der Waals surface area contributed by atoms with Gasteiger partial charge in [0.1, 0.15) is 0 Å². The number of hydrogen-bond donors (Lipinski definition) is 2. The maximum absolute atomic E-state index is 11.7. The lowest BCUT2D eigenvalue weighted by atomic mass is 10.3. The normalized spacial score (nSPS) is 10.1. The van der Waals surface area contributed by atoms with Gasteiger partial charge in [-0.25, -0.2) is 0 Å². The summed E-state index contributed by atoms with van der Waals surface area (Å²) in [6.45, 7) is 0. The predicted octanol–water partition coefficient (Wildman–Crippen LogP) is 2.63. The lowest BCUT2D eigenvalue weighted by molar-refractivity contribution is 0.103. The third-order valence-corrected chi connectivity index (χ3v) is 3.13. The fourth-order valence-electron chi connectivity index (χ4n) is 1.14. The summed E-state index contributed by atoms with van der Waals surface area (Å²) < 4.78 is 0.577. The molecule has 0 bridgehead atoms. The highest BCUT2D eigenvalue weighted by Crippen LogP contribution is 2.23. The average Bonchev–Trinajstić information content (AvgIpc) is 2.68. The van der Waals surface area contributed by atoms with Crippen LogP contribution in [0.1, 0.15) is 9.67 Å². The maximum atomic E-state index is 11.7. The molecule has 2 aromatic heterocycles. The molecular formula is C10H8ClN3OS. The lowest BCUT2D eigenvalue weighted by Crippen LogP contribution is -2.11. The number of amides is 1. The standard InChI is InChI=1S/C10H8ClN3OS/c11-9-2-1-8(16-9)10(15)14-7-3-4-13-5-6(7)12/h1-5H,12H2,(H,13,14,15). The molecule has 0 aliphatic rings. The lowest BCUT2D eigenvalue weighted by Gasteiger charge is -2.05. The van der Waals surface area contributed by atoms with E-state index in [0.29, 0.717) is 20.6 Å². The van der Waals surface area contributed by atoms with Crippen LogP contribution in [-0.4, -0.2) is 10.9 Å². The number of nitrogens with two attached hydrogens (primary N) is 1. The fraction of sp³-hybridized carbons (Fsp3) is 0. The number of aromatic nitrogens is 1. The third-order valence-electron chi connectivity index (χ3n) is 1.90. The Hall–Kier alpha value is -1.59. The van der Waals surface area contributed by atoms with Crippen LogP contribution in [0.2, 0.25) is 4.34 Å². The Balaban J connectivity index is 2.17. The number of nitrogen functional groups attached to an aromatic ring is 1. The Bertz CT molecular complexity index is 526. The first-order chi connectivity index (χ1) is 7.66. The minimum atomic E-state index is -0.227. The van der Waals surface area contributed by atoms with Gasteiger partial charge in [0.2, 0.25) is 0 Å². The second-order valence-corrected chi connectivity index (χ2v) is 4.74. The van der Waals surface area contributed by atoms with E-state index in [0.717, 1.165) is 0 Å². The second kappa shape index (κ2) is 4.51. The summed E-state index contributed by atoms with van der Waals surface area (Å²) in [5.41, 5.74) is 6.63. The van der Waals surface area contributed by atoms with Gasteiger partial charge in [0.25, 0.3) is 5.91 Å². The van der Waals surface area contributed by atoms with Crippen LogP contribution in [0.3, 0.4) is 0 Å². The van der Waals surface area contributed by atoms with E-state index in [-0.39, 0.29) is 5.91 Å². The molecule has 2 rings (SSSR count). The van der Waals surface area contributed by atoms with Gasteiger partial charge in [0.05, 0.1) is 26.8 Å². The van der Waals surface area contributed by atoms with E-state index < -0.39 is 0 Å². The number of anilines is 2. The molecule has 1 amide bonds. The van der Waals surface area contributed by atoms with E-state index in [1.807, 2.05) is 0 Å². The molecule has 82 valence electrons. The highest BCUT2D eigenvalue weighted by atomic mass is 35.5. The highest BCUT2D eigenvalue weighted by molar-refractivity contribution is 7.18. The molecule has 0 fully saturated rings. The van der Waals surface area contributed by atoms with Crippen LogP contribution in [0.15, 0.2) is 30.6 Å². The number of carbonyl (C=O) groups is 1. The van der Waals surface area contributed by atoms with Crippen LogP contribution < -0.4 is 11.1 Å². The molecule has 0 saturated heterocycles. The first-order valence-electron chi connectivity index (χ1n) is 4.43. The Labute approximate surface area is 101 Å². The molecule has 4 nitrogen and oxygen atoms in total. The average molecular weight is 254 g/mol. The van der Waals surface area contributed by atoms with E-state index in [1.54, 1.807) is 24.4 Å². The predicted molar refractivity (Wildman–Crippen MR) is 65.9 cm³/mol. The molecule has 2 heterocycles. The van der Waals surface area contributed by atoms with E-state index in [4.69, 9.17) is 17.3 Å². The van der Waals surface area contributed by atoms with E-state index in [1.165, 1.54) is 17.5 Å². The molecule has 6 heteroatoms.